The Morgan fingerprint density at radius 1 is 1.45 bits per heavy atom. The van der Waals surface area contributed by atoms with Gasteiger partial charge in [0.05, 0.1) is 7.11 Å². The smallest absolute Gasteiger partial charge is 0.325 e. The van der Waals surface area contributed by atoms with E-state index in [9.17, 15) is 4.79 Å². The fraction of sp³-hybridized carbons (Fsp3) is 0.938. The van der Waals surface area contributed by atoms with Crippen molar-refractivity contribution < 1.29 is 9.53 Å². The molecule has 0 heterocycles. The highest BCUT2D eigenvalue weighted by Crippen LogP contribution is 2.26. The molecule has 1 rings (SSSR count). The SMILES string of the molecule is CCCCN(CC)C(C)CC(C)(NC1CC1)C(=O)OC. The van der Waals surface area contributed by atoms with E-state index in [1.807, 2.05) is 6.92 Å². The number of rotatable bonds is 10. The molecule has 1 fully saturated rings. The summed E-state index contributed by atoms with van der Waals surface area (Å²) in [7, 11) is 1.48. The first-order chi connectivity index (χ1) is 9.46. The lowest BCUT2D eigenvalue weighted by molar-refractivity contribution is -0.149. The molecule has 0 bridgehead atoms. The second-order valence-corrected chi connectivity index (χ2v) is 6.28. The van der Waals surface area contributed by atoms with Crippen LogP contribution in [0.5, 0.6) is 0 Å². The minimum absolute atomic E-state index is 0.136. The van der Waals surface area contributed by atoms with Crippen LogP contribution in [-0.4, -0.2) is 48.7 Å². The summed E-state index contributed by atoms with van der Waals surface area (Å²) in [6, 6.07) is 0.874. The first-order valence-corrected chi connectivity index (χ1v) is 8.07. The van der Waals surface area contributed by atoms with Crippen molar-refractivity contribution in [1.82, 2.24) is 10.2 Å². The molecular weight excluding hydrogens is 252 g/mol. The van der Waals surface area contributed by atoms with Gasteiger partial charge in [-0.15, -0.1) is 0 Å². The van der Waals surface area contributed by atoms with Crippen LogP contribution in [0.2, 0.25) is 0 Å². The largest absolute Gasteiger partial charge is 0.468 e. The van der Waals surface area contributed by atoms with Crippen LogP contribution in [0.1, 0.15) is 59.8 Å². The lowest BCUT2D eigenvalue weighted by Crippen LogP contribution is -2.55. The summed E-state index contributed by atoms with van der Waals surface area (Å²) in [6.07, 6.45) is 5.57. The molecule has 4 heteroatoms. The van der Waals surface area contributed by atoms with Gasteiger partial charge in [0.25, 0.3) is 0 Å². The Morgan fingerprint density at radius 2 is 2.10 bits per heavy atom. The third-order valence-electron chi connectivity index (χ3n) is 4.27. The van der Waals surface area contributed by atoms with E-state index in [4.69, 9.17) is 4.74 Å². The van der Waals surface area contributed by atoms with Crippen molar-refractivity contribution in [1.29, 1.82) is 0 Å². The Kier molecular flexibility index (Phi) is 6.96. The number of methoxy groups -OCH3 is 1. The van der Waals surface area contributed by atoms with Crippen LogP contribution in [0.25, 0.3) is 0 Å². The molecule has 0 spiro atoms. The second kappa shape index (κ2) is 7.99. The minimum atomic E-state index is -0.561. The zero-order valence-corrected chi connectivity index (χ0v) is 13.9. The number of esters is 1. The normalized spacial score (nSPS) is 19.7. The quantitative estimate of drug-likeness (QED) is 0.626. The predicted octanol–water partition coefficient (Wildman–Crippen LogP) is 2.57. The van der Waals surface area contributed by atoms with E-state index in [0.29, 0.717) is 12.1 Å². The van der Waals surface area contributed by atoms with Gasteiger partial charge in [0.15, 0.2) is 0 Å². The highest BCUT2D eigenvalue weighted by atomic mass is 16.5. The molecule has 0 aliphatic heterocycles. The van der Waals surface area contributed by atoms with Gasteiger partial charge in [0.1, 0.15) is 5.54 Å². The first-order valence-electron chi connectivity index (χ1n) is 8.07. The van der Waals surface area contributed by atoms with Crippen LogP contribution < -0.4 is 5.32 Å². The van der Waals surface area contributed by atoms with Crippen molar-refractivity contribution in [2.45, 2.75) is 77.4 Å². The first kappa shape index (κ1) is 17.4. The molecule has 0 aromatic rings. The maximum atomic E-state index is 12.2. The monoisotopic (exact) mass is 284 g/mol. The molecule has 1 aliphatic rings. The van der Waals surface area contributed by atoms with E-state index in [-0.39, 0.29) is 5.97 Å². The van der Waals surface area contributed by atoms with Gasteiger partial charge in [-0.1, -0.05) is 20.3 Å². The van der Waals surface area contributed by atoms with E-state index < -0.39 is 5.54 Å². The maximum Gasteiger partial charge on any atom is 0.325 e. The molecule has 4 nitrogen and oxygen atoms in total. The van der Waals surface area contributed by atoms with Crippen molar-refractivity contribution >= 4 is 5.97 Å². The fourth-order valence-corrected chi connectivity index (χ4v) is 2.88. The van der Waals surface area contributed by atoms with Gasteiger partial charge >= 0.3 is 5.97 Å². The summed E-state index contributed by atoms with van der Waals surface area (Å²) in [5, 5.41) is 3.48. The number of unbranched alkanes of at least 4 members (excludes halogenated alkanes) is 1. The third kappa shape index (κ3) is 5.06. The van der Waals surface area contributed by atoms with Crippen molar-refractivity contribution in [2.24, 2.45) is 0 Å². The van der Waals surface area contributed by atoms with Crippen molar-refractivity contribution in [3.63, 3.8) is 0 Å². The summed E-state index contributed by atoms with van der Waals surface area (Å²) >= 11 is 0. The number of hydrogen-bond donors (Lipinski definition) is 1. The second-order valence-electron chi connectivity index (χ2n) is 6.28. The minimum Gasteiger partial charge on any atom is -0.468 e. The molecule has 0 aromatic heterocycles. The van der Waals surface area contributed by atoms with Gasteiger partial charge in [-0.2, -0.15) is 0 Å². The molecule has 0 aromatic carbocycles. The van der Waals surface area contributed by atoms with E-state index in [0.717, 1.165) is 19.5 Å². The van der Waals surface area contributed by atoms with Gasteiger partial charge in [-0.25, -0.2) is 0 Å². The standard InChI is InChI=1S/C16H32N2O2/c1-6-8-11-18(7-2)13(3)12-16(4,15(19)20-5)17-14-9-10-14/h13-14,17H,6-12H2,1-5H3. The summed E-state index contributed by atoms with van der Waals surface area (Å²) in [4.78, 5) is 14.6. The van der Waals surface area contributed by atoms with Gasteiger partial charge in [0.2, 0.25) is 0 Å². The summed E-state index contributed by atoms with van der Waals surface area (Å²) in [6.45, 7) is 10.7. The summed E-state index contributed by atoms with van der Waals surface area (Å²) in [5.74, 6) is -0.136. The predicted molar refractivity (Wildman–Crippen MR) is 82.8 cm³/mol. The zero-order chi connectivity index (χ0) is 15.2. The van der Waals surface area contributed by atoms with E-state index >= 15 is 0 Å². The molecule has 20 heavy (non-hydrogen) atoms. The highest BCUT2D eigenvalue weighted by Gasteiger charge is 2.41. The lowest BCUT2D eigenvalue weighted by Gasteiger charge is -2.35. The van der Waals surface area contributed by atoms with Gasteiger partial charge < -0.3 is 9.64 Å². The van der Waals surface area contributed by atoms with Crippen molar-refractivity contribution in [3.8, 4) is 0 Å². The zero-order valence-electron chi connectivity index (χ0n) is 13.9. The van der Waals surface area contributed by atoms with Crippen LogP contribution in [0, 0.1) is 0 Å². The Hall–Kier alpha value is -0.610. The Bertz CT molecular complexity index is 305. The highest BCUT2D eigenvalue weighted by molar-refractivity contribution is 5.80. The number of nitrogens with zero attached hydrogens (tertiary/aromatic N) is 1. The molecule has 1 aliphatic carbocycles. The third-order valence-corrected chi connectivity index (χ3v) is 4.27. The van der Waals surface area contributed by atoms with E-state index in [1.54, 1.807) is 0 Å². The van der Waals surface area contributed by atoms with Crippen molar-refractivity contribution in [2.75, 3.05) is 20.2 Å². The summed E-state index contributed by atoms with van der Waals surface area (Å²) < 4.78 is 5.02. The number of carbonyl (C=O) groups excluding carboxylic acids is 1. The van der Waals surface area contributed by atoms with Gasteiger partial charge in [0, 0.05) is 12.1 Å². The Morgan fingerprint density at radius 3 is 2.55 bits per heavy atom. The molecule has 1 N–H and O–H groups in total. The van der Waals surface area contributed by atoms with Crippen LogP contribution in [0.4, 0.5) is 0 Å². The van der Waals surface area contributed by atoms with E-state index in [1.165, 1.54) is 32.8 Å². The number of carbonyl (C=O) groups is 1. The molecular formula is C16H32N2O2. The molecule has 2 unspecified atom stereocenters. The topological polar surface area (TPSA) is 41.6 Å². The lowest BCUT2D eigenvalue weighted by atomic mass is 9.92. The Balaban J connectivity index is 2.63. The van der Waals surface area contributed by atoms with E-state index in [2.05, 4.69) is 31.0 Å². The summed E-state index contributed by atoms with van der Waals surface area (Å²) in [5.41, 5.74) is -0.561. The fourth-order valence-electron chi connectivity index (χ4n) is 2.88. The molecule has 2 atom stereocenters. The van der Waals surface area contributed by atoms with Gasteiger partial charge in [-0.3, -0.25) is 10.1 Å². The molecule has 0 saturated heterocycles. The number of hydrogen-bond acceptors (Lipinski definition) is 4. The molecule has 1 saturated carbocycles. The average molecular weight is 284 g/mol. The van der Waals surface area contributed by atoms with Gasteiger partial charge in [-0.05, 0) is 52.6 Å². The Labute approximate surface area is 124 Å². The molecule has 0 amide bonds. The van der Waals surface area contributed by atoms with Crippen LogP contribution in [-0.2, 0) is 9.53 Å². The van der Waals surface area contributed by atoms with Crippen molar-refractivity contribution in [3.05, 3.63) is 0 Å². The average Bonchev–Trinajstić information content (AvgIpc) is 3.22. The van der Waals surface area contributed by atoms with Crippen LogP contribution in [0.15, 0.2) is 0 Å². The maximum absolute atomic E-state index is 12.2. The van der Waals surface area contributed by atoms with Crippen LogP contribution >= 0.6 is 0 Å². The number of ether oxygens (including phenoxy) is 1. The molecule has 118 valence electrons. The molecule has 0 radical (unpaired) electrons. The number of nitrogens with one attached hydrogen (secondary N) is 1. The van der Waals surface area contributed by atoms with Crippen LogP contribution in [0.3, 0.4) is 0 Å².